The maximum Gasteiger partial charge on any atom is 0.222 e. The van der Waals surface area contributed by atoms with Gasteiger partial charge in [-0.05, 0) is 31.2 Å². The van der Waals surface area contributed by atoms with Crippen molar-refractivity contribution in [1.29, 1.82) is 0 Å². The Hall–Kier alpha value is -1.55. The Labute approximate surface area is 151 Å². The molecule has 1 aliphatic heterocycles. The number of para-hydroxylation sites is 1. The fourth-order valence-corrected chi connectivity index (χ4v) is 4.10. The van der Waals surface area contributed by atoms with E-state index in [2.05, 4.69) is 0 Å². The molecule has 1 heterocycles. The lowest BCUT2D eigenvalue weighted by Crippen LogP contribution is -2.37. The molecule has 4 heteroatoms. The lowest BCUT2D eigenvalue weighted by Gasteiger charge is -2.27. The summed E-state index contributed by atoms with van der Waals surface area (Å²) in [5, 5.41) is 10.1. The number of phenols is 1. The lowest BCUT2D eigenvalue weighted by atomic mass is 9.86. The van der Waals surface area contributed by atoms with Crippen molar-refractivity contribution in [1.82, 2.24) is 4.90 Å². The fraction of sp³-hybridized carbons (Fsp3) is 0.667. The van der Waals surface area contributed by atoms with E-state index in [1.807, 2.05) is 23.1 Å². The summed E-state index contributed by atoms with van der Waals surface area (Å²) < 4.78 is 5.74. The van der Waals surface area contributed by atoms with Crippen LogP contribution in [0.1, 0.15) is 63.4 Å². The highest BCUT2D eigenvalue weighted by molar-refractivity contribution is 5.76. The Morgan fingerprint density at radius 2 is 1.92 bits per heavy atom. The zero-order valence-electron chi connectivity index (χ0n) is 15.2. The highest BCUT2D eigenvalue weighted by atomic mass is 16.5. The van der Waals surface area contributed by atoms with Crippen molar-refractivity contribution in [3.63, 3.8) is 0 Å². The van der Waals surface area contributed by atoms with Gasteiger partial charge in [0, 0.05) is 31.7 Å². The number of amides is 1. The molecule has 3 rings (SSSR count). The lowest BCUT2D eigenvalue weighted by molar-refractivity contribution is -0.133. The van der Waals surface area contributed by atoms with Gasteiger partial charge in [-0.1, -0.05) is 50.3 Å². The van der Waals surface area contributed by atoms with Crippen LogP contribution in [0.4, 0.5) is 0 Å². The SMILES string of the molecule is O=C(CCC1CCCCC1)N(Cc1ccccc1O)CC1CCCO1. The molecule has 2 fully saturated rings. The third-order valence-electron chi connectivity index (χ3n) is 5.64. The second-order valence-corrected chi connectivity index (χ2v) is 7.58. The molecule has 25 heavy (non-hydrogen) atoms. The summed E-state index contributed by atoms with van der Waals surface area (Å²) in [5.41, 5.74) is 0.812. The third kappa shape index (κ3) is 5.46. The molecule has 1 N–H and O–H groups in total. The van der Waals surface area contributed by atoms with Crippen LogP contribution in [-0.2, 0) is 16.1 Å². The minimum atomic E-state index is 0.143. The van der Waals surface area contributed by atoms with E-state index < -0.39 is 0 Å². The Kier molecular flexibility index (Phi) is 6.74. The molecule has 1 unspecified atom stereocenters. The first kappa shape index (κ1) is 18.2. The average molecular weight is 345 g/mol. The van der Waals surface area contributed by atoms with Gasteiger partial charge in [0.1, 0.15) is 5.75 Å². The van der Waals surface area contributed by atoms with Crippen molar-refractivity contribution >= 4 is 5.91 Å². The van der Waals surface area contributed by atoms with Crippen LogP contribution in [0.3, 0.4) is 0 Å². The maximum atomic E-state index is 12.9. The van der Waals surface area contributed by atoms with Gasteiger partial charge in [0.25, 0.3) is 0 Å². The molecule has 1 saturated carbocycles. The molecule has 4 nitrogen and oxygen atoms in total. The molecule has 138 valence electrons. The number of hydrogen-bond donors (Lipinski definition) is 1. The second kappa shape index (κ2) is 9.23. The standard InChI is InChI=1S/C21H31NO3/c23-20-11-5-4-9-18(20)15-22(16-19-10-6-14-25-19)21(24)13-12-17-7-2-1-3-8-17/h4-5,9,11,17,19,23H,1-3,6-8,10,12-16H2. The molecule has 1 aromatic carbocycles. The van der Waals surface area contributed by atoms with Crippen LogP contribution in [0.5, 0.6) is 5.75 Å². The van der Waals surface area contributed by atoms with Crippen LogP contribution in [0, 0.1) is 5.92 Å². The van der Waals surface area contributed by atoms with Crippen molar-refractivity contribution in [3.8, 4) is 5.75 Å². The van der Waals surface area contributed by atoms with Gasteiger partial charge < -0.3 is 14.7 Å². The van der Waals surface area contributed by atoms with Crippen LogP contribution >= 0.6 is 0 Å². The number of carbonyl (C=O) groups excluding carboxylic acids is 1. The van der Waals surface area contributed by atoms with E-state index in [1.165, 1.54) is 32.1 Å². The predicted molar refractivity (Wildman–Crippen MR) is 98.3 cm³/mol. The molecule has 0 bridgehead atoms. The molecule has 1 aromatic rings. The molecule has 1 amide bonds. The van der Waals surface area contributed by atoms with Crippen molar-refractivity contribution in [2.45, 2.75) is 70.4 Å². The number of rotatable bonds is 7. The van der Waals surface area contributed by atoms with Crippen LogP contribution in [0.25, 0.3) is 0 Å². The number of phenolic OH excluding ortho intramolecular Hbond substituents is 1. The van der Waals surface area contributed by atoms with Crippen molar-refractivity contribution in [2.75, 3.05) is 13.2 Å². The largest absolute Gasteiger partial charge is 0.508 e. The van der Waals surface area contributed by atoms with Gasteiger partial charge in [0.05, 0.1) is 6.10 Å². The zero-order valence-corrected chi connectivity index (χ0v) is 15.2. The molecular formula is C21H31NO3. The van der Waals surface area contributed by atoms with Gasteiger partial charge >= 0.3 is 0 Å². The van der Waals surface area contributed by atoms with Crippen LogP contribution < -0.4 is 0 Å². The minimum Gasteiger partial charge on any atom is -0.508 e. The van der Waals surface area contributed by atoms with E-state index in [-0.39, 0.29) is 17.8 Å². The van der Waals surface area contributed by atoms with E-state index in [0.717, 1.165) is 31.4 Å². The summed E-state index contributed by atoms with van der Waals surface area (Å²) in [6, 6.07) is 7.30. The molecule has 1 atom stereocenters. The topological polar surface area (TPSA) is 49.8 Å². The highest BCUT2D eigenvalue weighted by Crippen LogP contribution is 2.28. The molecule has 0 spiro atoms. The minimum absolute atomic E-state index is 0.143. The van der Waals surface area contributed by atoms with Gasteiger partial charge in [-0.15, -0.1) is 0 Å². The molecule has 1 saturated heterocycles. The number of benzene rings is 1. The zero-order chi connectivity index (χ0) is 17.5. The van der Waals surface area contributed by atoms with E-state index in [9.17, 15) is 9.90 Å². The maximum absolute atomic E-state index is 12.9. The molecule has 1 aliphatic carbocycles. The second-order valence-electron chi connectivity index (χ2n) is 7.58. The van der Waals surface area contributed by atoms with E-state index in [4.69, 9.17) is 4.74 Å². The summed E-state index contributed by atoms with van der Waals surface area (Å²) >= 11 is 0. The Morgan fingerprint density at radius 3 is 2.64 bits per heavy atom. The number of carbonyl (C=O) groups is 1. The quantitative estimate of drug-likeness (QED) is 0.803. The Balaban J connectivity index is 1.59. The molecular weight excluding hydrogens is 314 g/mol. The summed E-state index contributed by atoms with van der Waals surface area (Å²) in [6.45, 7) is 1.90. The monoisotopic (exact) mass is 345 g/mol. The van der Waals surface area contributed by atoms with E-state index in [1.54, 1.807) is 6.07 Å². The first-order chi connectivity index (χ1) is 12.2. The first-order valence-corrected chi connectivity index (χ1v) is 9.88. The number of nitrogens with zero attached hydrogens (tertiary/aromatic N) is 1. The van der Waals surface area contributed by atoms with Crippen LogP contribution in [-0.4, -0.2) is 35.2 Å². The summed E-state index contributed by atoms with van der Waals surface area (Å²) in [5.74, 6) is 1.18. The molecule has 2 aliphatic rings. The summed E-state index contributed by atoms with van der Waals surface area (Å²) in [4.78, 5) is 14.8. The van der Waals surface area contributed by atoms with Crippen LogP contribution in [0.15, 0.2) is 24.3 Å². The molecule has 0 aromatic heterocycles. The van der Waals surface area contributed by atoms with E-state index in [0.29, 0.717) is 25.4 Å². The van der Waals surface area contributed by atoms with Gasteiger partial charge in [-0.3, -0.25) is 4.79 Å². The summed E-state index contributed by atoms with van der Waals surface area (Å²) in [6.07, 6.45) is 10.4. The van der Waals surface area contributed by atoms with Gasteiger partial charge in [-0.25, -0.2) is 0 Å². The summed E-state index contributed by atoms with van der Waals surface area (Å²) in [7, 11) is 0. The van der Waals surface area contributed by atoms with Crippen LogP contribution in [0.2, 0.25) is 0 Å². The number of aromatic hydroxyl groups is 1. The number of ether oxygens (including phenoxy) is 1. The van der Waals surface area contributed by atoms with Crippen molar-refractivity contribution in [3.05, 3.63) is 29.8 Å². The Bertz CT molecular complexity index is 548. The third-order valence-corrected chi connectivity index (χ3v) is 5.64. The Morgan fingerprint density at radius 1 is 1.12 bits per heavy atom. The predicted octanol–water partition coefficient (Wildman–Crippen LogP) is 4.26. The van der Waals surface area contributed by atoms with Gasteiger partial charge in [0.15, 0.2) is 0 Å². The molecule has 0 radical (unpaired) electrons. The highest BCUT2D eigenvalue weighted by Gasteiger charge is 2.24. The number of hydrogen-bond acceptors (Lipinski definition) is 3. The smallest absolute Gasteiger partial charge is 0.222 e. The van der Waals surface area contributed by atoms with Crippen molar-refractivity contribution < 1.29 is 14.6 Å². The normalized spacial score (nSPS) is 21.4. The fourth-order valence-electron chi connectivity index (χ4n) is 4.10. The van der Waals surface area contributed by atoms with Gasteiger partial charge in [0.2, 0.25) is 5.91 Å². The van der Waals surface area contributed by atoms with E-state index >= 15 is 0 Å². The van der Waals surface area contributed by atoms with Gasteiger partial charge in [-0.2, -0.15) is 0 Å². The first-order valence-electron chi connectivity index (χ1n) is 9.88. The van der Waals surface area contributed by atoms with Crippen molar-refractivity contribution in [2.24, 2.45) is 5.92 Å². The average Bonchev–Trinajstić information content (AvgIpc) is 3.15.